The van der Waals surface area contributed by atoms with Crippen molar-refractivity contribution in [3.8, 4) is 0 Å². The van der Waals surface area contributed by atoms with E-state index >= 15 is 0 Å². The normalized spacial score (nSPS) is 10.8. The van der Waals surface area contributed by atoms with E-state index in [4.69, 9.17) is 0 Å². The van der Waals surface area contributed by atoms with E-state index in [1.807, 2.05) is 12.1 Å². The fourth-order valence-corrected chi connectivity index (χ4v) is 2.86. The summed E-state index contributed by atoms with van der Waals surface area (Å²) in [6.07, 6.45) is 0. The average Bonchev–Trinajstić information content (AvgIpc) is 2.96. The second-order valence-corrected chi connectivity index (χ2v) is 5.71. The Kier molecular flexibility index (Phi) is 3.66. The van der Waals surface area contributed by atoms with Crippen molar-refractivity contribution >= 4 is 27.5 Å². The van der Waals surface area contributed by atoms with Gasteiger partial charge in [-0.1, -0.05) is 12.1 Å². The minimum absolute atomic E-state index is 0.0605. The summed E-state index contributed by atoms with van der Waals surface area (Å²) in [5, 5.41) is 0. The first-order valence-corrected chi connectivity index (χ1v) is 7.34. The van der Waals surface area contributed by atoms with Crippen LogP contribution in [0.3, 0.4) is 0 Å². The Morgan fingerprint density at radius 2 is 2.00 bits per heavy atom. The third-order valence-electron chi connectivity index (χ3n) is 3.26. The smallest absolute Gasteiger partial charge is 0.253 e. The Morgan fingerprint density at radius 3 is 2.76 bits per heavy atom. The van der Waals surface area contributed by atoms with E-state index in [9.17, 15) is 9.18 Å². The van der Waals surface area contributed by atoms with Gasteiger partial charge in [-0.3, -0.25) is 4.79 Å². The monoisotopic (exact) mass is 300 g/mol. The number of rotatable bonds is 3. The molecule has 0 aliphatic heterocycles. The summed E-state index contributed by atoms with van der Waals surface area (Å²) >= 11 is 1.51. The molecule has 21 heavy (non-hydrogen) atoms. The Bertz CT molecular complexity index is 782. The van der Waals surface area contributed by atoms with E-state index < -0.39 is 0 Å². The summed E-state index contributed by atoms with van der Waals surface area (Å²) in [6, 6.07) is 11.7. The number of thiazole rings is 1. The molecule has 0 fully saturated rings. The van der Waals surface area contributed by atoms with Gasteiger partial charge in [0.05, 0.1) is 15.7 Å². The Hall–Kier alpha value is -2.27. The third kappa shape index (κ3) is 2.92. The second-order valence-electron chi connectivity index (χ2n) is 4.82. The van der Waals surface area contributed by atoms with Crippen LogP contribution < -0.4 is 0 Å². The van der Waals surface area contributed by atoms with Gasteiger partial charge in [0.15, 0.2) is 0 Å². The van der Waals surface area contributed by atoms with E-state index in [0.717, 1.165) is 15.8 Å². The van der Waals surface area contributed by atoms with Crippen LogP contribution in [0.15, 0.2) is 48.0 Å². The van der Waals surface area contributed by atoms with Gasteiger partial charge in [-0.05, 0) is 35.9 Å². The summed E-state index contributed by atoms with van der Waals surface area (Å²) in [6.45, 7) is 0.444. The summed E-state index contributed by atoms with van der Waals surface area (Å²) in [4.78, 5) is 18.2. The zero-order valence-corrected chi connectivity index (χ0v) is 12.2. The molecule has 0 atom stereocenters. The lowest BCUT2D eigenvalue weighted by Gasteiger charge is -2.17. The van der Waals surface area contributed by atoms with Crippen molar-refractivity contribution in [3.63, 3.8) is 0 Å². The molecule has 1 amide bonds. The van der Waals surface area contributed by atoms with Crippen molar-refractivity contribution in [2.24, 2.45) is 0 Å². The van der Waals surface area contributed by atoms with Crippen LogP contribution in [0, 0.1) is 5.82 Å². The Balaban J connectivity index is 1.78. The molecule has 3 aromatic rings. The van der Waals surface area contributed by atoms with Gasteiger partial charge in [0, 0.05) is 19.2 Å². The maximum absolute atomic E-state index is 12.9. The molecule has 0 saturated carbocycles. The molecule has 106 valence electrons. The predicted octanol–water partition coefficient (Wildman–Crippen LogP) is 3.71. The molecule has 1 aromatic heterocycles. The van der Waals surface area contributed by atoms with Crippen molar-refractivity contribution in [2.75, 3.05) is 7.05 Å². The van der Waals surface area contributed by atoms with Crippen molar-refractivity contribution < 1.29 is 9.18 Å². The zero-order valence-electron chi connectivity index (χ0n) is 11.4. The van der Waals surface area contributed by atoms with Crippen LogP contribution in [0.1, 0.15) is 15.9 Å². The lowest BCUT2D eigenvalue weighted by Crippen LogP contribution is -2.26. The lowest BCUT2D eigenvalue weighted by atomic mass is 10.1. The molecule has 0 saturated heterocycles. The molecule has 5 heteroatoms. The number of aromatic nitrogens is 1. The van der Waals surface area contributed by atoms with E-state index in [1.54, 1.807) is 35.7 Å². The van der Waals surface area contributed by atoms with Crippen LogP contribution >= 0.6 is 11.3 Å². The van der Waals surface area contributed by atoms with E-state index in [2.05, 4.69) is 4.98 Å². The van der Waals surface area contributed by atoms with Crippen molar-refractivity contribution in [2.45, 2.75) is 6.54 Å². The number of hydrogen-bond acceptors (Lipinski definition) is 3. The lowest BCUT2D eigenvalue weighted by molar-refractivity contribution is 0.0785. The molecule has 3 rings (SSSR count). The summed E-state index contributed by atoms with van der Waals surface area (Å²) < 4.78 is 13.9. The van der Waals surface area contributed by atoms with Gasteiger partial charge >= 0.3 is 0 Å². The maximum Gasteiger partial charge on any atom is 0.253 e. The third-order valence-corrected chi connectivity index (χ3v) is 4.05. The van der Waals surface area contributed by atoms with Gasteiger partial charge in [0.1, 0.15) is 5.82 Å². The van der Waals surface area contributed by atoms with Crippen molar-refractivity contribution in [1.29, 1.82) is 0 Å². The molecule has 0 aliphatic rings. The fraction of sp³-hybridized carbons (Fsp3) is 0.125. The summed E-state index contributed by atoms with van der Waals surface area (Å²) in [5.74, 6) is -0.335. The first-order chi connectivity index (χ1) is 10.1. The molecule has 0 spiro atoms. The largest absolute Gasteiger partial charge is 0.337 e. The van der Waals surface area contributed by atoms with Gasteiger partial charge in [0.2, 0.25) is 0 Å². The van der Waals surface area contributed by atoms with Gasteiger partial charge in [-0.25, -0.2) is 9.37 Å². The number of amides is 1. The highest BCUT2D eigenvalue weighted by molar-refractivity contribution is 7.16. The molecule has 0 bridgehead atoms. The molecule has 0 aliphatic carbocycles. The topological polar surface area (TPSA) is 33.2 Å². The van der Waals surface area contributed by atoms with Crippen LogP contribution in [0.4, 0.5) is 4.39 Å². The summed E-state index contributed by atoms with van der Waals surface area (Å²) in [7, 11) is 1.74. The van der Waals surface area contributed by atoms with Crippen molar-refractivity contribution in [1.82, 2.24) is 9.88 Å². The molecule has 0 radical (unpaired) electrons. The first-order valence-electron chi connectivity index (χ1n) is 6.46. The van der Waals surface area contributed by atoms with E-state index in [0.29, 0.717) is 12.1 Å². The van der Waals surface area contributed by atoms with Gasteiger partial charge in [-0.15, -0.1) is 11.3 Å². The zero-order chi connectivity index (χ0) is 14.8. The molecule has 0 N–H and O–H groups in total. The number of halogens is 1. The first kappa shape index (κ1) is 13.7. The number of benzene rings is 2. The average molecular weight is 300 g/mol. The quantitative estimate of drug-likeness (QED) is 0.739. The number of nitrogens with zero attached hydrogens (tertiary/aromatic N) is 2. The second kappa shape index (κ2) is 5.61. The molecule has 0 unspecified atom stereocenters. The van der Waals surface area contributed by atoms with Crippen molar-refractivity contribution in [3.05, 3.63) is 64.9 Å². The van der Waals surface area contributed by atoms with Crippen LogP contribution in [0.5, 0.6) is 0 Å². The fourth-order valence-electron chi connectivity index (χ4n) is 2.14. The molecule has 1 heterocycles. The van der Waals surface area contributed by atoms with Crippen LogP contribution in [-0.2, 0) is 6.54 Å². The Labute approximate surface area is 125 Å². The SMILES string of the molecule is CN(Cc1ccc(F)cc1)C(=O)c1ccc2ncsc2c1. The standard InChI is InChI=1S/C16H13FN2OS/c1-19(9-11-2-5-13(17)6-3-11)16(20)12-4-7-14-15(8-12)21-10-18-14/h2-8,10H,9H2,1H3. The highest BCUT2D eigenvalue weighted by atomic mass is 32.1. The van der Waals surface area contributed by atoms with Gasteiger partial charge in [0.25, 0.3) is 5.91 Å². The number of carbonyl (C=O) groups excluding carboxylic acids is 1. The minimum atomic E-state index is -0.275. The molecule has 3 nitrogen and oxygen atoms in total. The predicted molar refractivity (Wildman–Crippen MR) is 81.8 cm³/mol. The van der Waals surface area contributed by atoms with Crippen LogP contribution in [-0.4, -0.2) is 22.8 Å². The minimum Gasteiger partial charge on any atom is -0.337 e. The van der Waals surface area contributed by atoms with Crippen LogP contribution in [0.2, 0.25) is 0 Å². The number of carbonyl (C=O) groups is 1. The Morgan fingerprint density at radius 1 is 1.24 bits per heavy atom. The molecule has 2 aromatic carbocycles. The highest BCUT2D eigenvalue weighted by Crippen LogP contribution is 2.20. The highest BCUT2D eigenvalue weighted by Gasteiger charge is 2.13. The van der Waals surface area contributed by atoms with Gasteiger partial charge < -0.3 is 4.90 Å². The van der Waals surface area contributed by atoms with Gasteiger partial charge in [-0.2, -0.15) is 0 Å². The molecular weight excluding hydrogens is 287 g/mol. The van der Waals surface area contributed by atoms with E-state index in [-0.39, 0.29) is 11.7 Å². The summed E-state index contributed by atoms with van der Waals surface area (Å²) in [5.41, 5.74) is 4.20. The molecular formula is C16H13FN2OS. The van der Waals surface area contributed by atoms with E-state index in [1.165, 1.54) is 23.5 Å². The number of hydrogen-bond donors (Lipinski definition) is 0. The van der Waals surface area contributed by atoms with Crippen LogP contribution in [0.25, 0.3) is 10.2 Å². The maximum atomic E-state index is 12.9. The number of fused-ring (bicyclic) bond motifs is 1.